The van der Waals surface area contributed by atoms with Crippen molar-refractivity contribution in [1.29, 1.82) is 0 Å². The Bertz CT molecular complexity index is 245. The molecule has 0 unspecified atom stereocenters. The first kappa shape index (κ1) is 11.9. The maximum absolute atomic E-state index is 5.02. The van der Waals surface area contributed by atoms with E-state index in [1.807, 2.05) is 0 Å². The molecule has 2 heterocycles. The molecule has 0 aromatic carbocycles. The fourth-order valence-electron chi connectivity index (χ4n) is 2.44. The highest BCUT2D eigenvalue weighted by atomic mass is 16.6. The molecule has 0 spiro atoms. The van der Waals surface area contributed by atoms with Crippen molar-refractivity contribution in [3.05, 3.63) is 0 Å². The average molecular weight is 225 g/mol. The van der Waals surface area contributed by atoms with Crippen molar-refractivity contribution in [2.75, 3.05) is 26.2 Å². The van der Waals surface area contributed by atoms with E-state index in [4.69, 9.17) is 4.84 Å². The molecule has 1 N–H and O–H groups in total. The molecule has 92 valence electrons. The van der Waals surface area contributed by atoms with Gasteiger partial charge in [0.05, 0.1) is 5.71 Å². The lowest BCUT2D eigenvalue weighted by Crippen LogP contribution is -2.45. The Morgan fingerprint density at radius 1 is 1.44 bits per heavy atom. The summed E-state index contributed by atoms with van der Waals surface area (Å²) in [5.41, 5.74) is 1.22. The molecule has 1 fully saturated rings. The Morgan fingerprint density at radius 3 is 2.75 bits per heavy atom. The molecule has 2 aliphatic rings. The molecule has 4 heteroatoms. The Hall–Kier alpha value is -0.610. The van der Waals surface area contributed by atoms with Gasteiger partial charge in [-0.1, -0.05) is 19.0 Å². The van der Waals surface area contributed by atoms with Crippen LogP contribution >= 0.6 is 0 Å². The zero-order valence-corrected chi connectivity index (χ0v) is 10.4. The highest BCUT2D eigenvalue weighted by Crippen LogP contribution is 2.12. The Balaban J connectivity index is 1.68. The molecule has 2 aliphatic heterocycles. The van der Waals surface area contributed by atoms with Gasteiger partial charge < -0.3 is 10.2 Å². The summed E-state index contributed by atoms with van der Waals surface area (Å²) in [4.78, 5) is 7.51. The number of likely N-dealkylation sites (tertiary alicyclic amines) is 1. The minimum Gasteiger partial charge on any atom is -0.395 e. The lowest BCUT2D eigenvalue weighted by Gasteiger charge is -2.33. The molecule has 0 aromatic rings. The third kappa shape index (κ3) is 3.46. The molecule has 2 rings (SSSR count). The van der Waals surface area contributed by atoms with Crippen LogP contribution in [0.4, 0.5) is 0 Å². The standard InChI is InChI=1S/C12H23N3O/c1-10(2)13-11-3-6-15(7-4-11)9-12-5-8-16-14-12/h10-11,13H,3-9H2,1-2H3. The van der Waals surface area contributed by atoms with Crippen molar-refractivity contribution in [2.24, 2.45) is 5.16 Å². The third-order valence-corrected chi connectivity index (χ3v) is 3.24. The number of oxime groups is 1. The zero-order valence-electron chi connectivity index (χ0n) is 10.4. The van der Waals surface area contributed by atoms with E-state index < -0.39 is 0 Å². The van der Waals surface area contributed by atoms with Gasteiger partial charge in [-0.05, 0) is 12.8 Å². The van der Waals surface area contributed by atoms with E-state index in [9.17, 15) is 0 Å². The van der Waals surface area contributed by atoms with E-state index in [1.54, 1.807) is 0 Å². The average Bonchev–Trinajstić information content (AvgIpc) is 2.73. The Kier molecular flexibility index (Phi) is 4.18. The lowest BCUT2D eigenvalue weighted by atomic mass is 10.0. The predicted molar refractivity (Wildman–Crippen MR) is 65.7 cm³/mol. The molecular weight excluding hydrogens is 202 g/mol. The quantitative estimate of drug-likeness (QED) is 0.782. The lowest BCUT2D eigenvalue weighted by molar-refractivity contribution is 0.173. The Morgan fingerprint density at radius 2 is 2.19 bits per heavy atom. The summed E-state index contributed by atoms with van der Waals surface area (Å²) in [6, 6.07) is 1.31. The second-order valence-corrected chi connectivity index (χ2v) is 5.11. The third-order valence-electron chi connectivity index (χ3n) is 3.24. The van der Waals surface area contributed by atoms with Gasteiger partial charge in [0.15, 0.2) is 0 Å². The molecule has 16 heavy (non-hydrogen) atoms. The van der Waals surface area contributed by atoms with Gasteiger partial charge in [0.1, 0.15) is 6.61 Å². The van der Waals surface area contributed by atoms with Gasteiger partial charge >= 0.3 is 0 Å². The zero-order chi connectivity index (χ0) is 11.4. The summed E-state index contributed by atoms with van der Waals surface area (Å²) in [7, 11) is 0. The normalized spacial score (nSPS) is 23.6. The van der Waals surface area contributed by atoms with Crippen LogP contribution in [0.2, 0.25) is 0 Å². The fraction of sp³-hybridized carbons (Fsp3) is 0.917. The van der Waals surface area contributed by atoms with Crippen LogP contribution in [0.5, 0.6) is 0 Å². The van der Waals surface area contributed by atoms with Gasteiger partial charge in [-0.3, -0.25) is 4.90 Å². The maximum atomic E-state index is 5.02. The number of hydrogen-bond donors (Lipinski definition) is 1. The molecule has 4 nitrogen and oxygen atoms in total. The SMILES string of the molecule is CC(C)NC1CCN(CC2=NOCC2)CC1. The van der Waals surface area contributed by atoms with E-state index in [-0.39, 0.29) is 0 Å². The minimum atomic E-state index is 0.601. The first-order valence-electron chi connectivity index (χ1n) is 6.40. The molecular formula is C12H23N3O. The van der Waals surface area contributed by atoms with Crippen molar-refractivity contribution in [2.45, 2.75) is 45.2 Å². The molecule has 0 aliphatic carbocycles. The van der Waals surface area contributed by atoms with Gasteiger partial charge in [0.25, 0.3) is 0 Å². The van der Waals surface area contributed by atoms with Crippen LogP contribution in [0.25, 0.3) is 0 Å². The topological polar surface area (TPSA) is 36.9 Å². The fourth-order valence-corrected chi connectivity index (χ4v) is 2.44. The predicted octanol–water partition coefficient (Wildman–Crippen LogP) is 1.23. The number of nitrogens with zero attached hydrogens (tertiary/aromatic N) is 2. The summed E-state index contributed by atoms with van der Waals surface area (Å²) in [5, 5.41) is 7.67. The number of nitrogens with one attached hydrogen (secondary N) is 1. The van der Waals surface area contributed by atoms with Crippen LogP contribution in [0, 0.1) is 0 Å². The largest absolute Gasteiger partial charge is 0.395 e. The highest BCUT2D eigenvalue weighted by molar-refractivity contribution is 5.86. The summed E-state index contributed by atoms with van der Waals surface area (Å²) in [6.45, 7) is 8.59. The smallest absolute Gasteiger partial charge is 0.122 e. The number of rotatable bonds is 4. The van der Waals surface area contributed by atoms with Crippen LogP contribution in [0.3, 0.4) is 0 Å². The first-order valence-corrected chi connectivity index (χ1v) is 6.40. The van der Waals surface area contributed by atoms with Gasteiger partial charge in [0.2, 0.25) is 0 Å². The van der Waals surface area contributed by atoms with Crippen molar-refractivity contribution >= 4 is 5.71 Å². The molecule has 1 saturated heterocycles. The summed E-state index contributed by atoms with van der Waals surface area (Å²) in [5.74, 6) is 0. The van der Waals surface area contributed by atoms with Crippen LogP contribution in [-0.4, -0.2) is 48.9 Å². The molecule has 0 radical (unpaired) electrons. The minimum absolute atomic E-state index is 0.601. The van der Waals surface area contributed by atoms with E-state index in [0.29, 0.717) is 12.1 Å². The van der Waals surface area contributed by atoms with Gasteiger partial charge in [-0.15, -0.1) is 0 Å². The molecule has 0 amide bonds. The van der Waals surface area contributed by atoms with Gasteiger partial charge in [0, 0.05) is 38.1 Å². The summed E-state index contributed by atoms with van der Waals surface area (Å²) < 4.78 is 0. The van der Waals surface area contributed by atoms with Crippen molar-refractivity contribution in [3.8, 4) is 0 Å². The van der Waals surface area contributed by atoms with Crippen LogP contribution in [0.1, 0.15) is 33.1 Å². The number of hydrogen-bond acceptors (Lipinski definition) is 4. The van der Waals surface area contributed by atoms with E-state index in [1.165, 1.54) is 31.6 Å². The van der Waals surface area contributed by atoms with Crippen LogP contribution in [-0.2, 0) is 4.84 Å². The highest BCUT2D eigenvalue weighted by Gasteiger charge is 2.21. The number of piperidine rings is 1. The second kappa shape index (κ2) is 5.64. The summed E-state index contributed by atoms with van der Waals surface area (Å²) in [6.07, 6.45) is 3.53. The Labute approximate surface area is 98.0 Å². The summed E-state index contributed by atoms with van der Waals surface area (Å²) >= 11 is 0. The maximum Gasteiger partial charge on any atom is 0.122 e. The molecule has 0 aromatic heterocycles. The molecule has 0 bridgehead atoms. The van der Waals surface area contributed by atoms with Crippen molar-refractivity contribution in [1.82, 2.24) is 10.2 Å². The monoisotopic (exact) mass is 225 g/mol. The van der Waals surface area contributed by atoms with E-state index in [2.05, 4.69) is 29.2 Å². The first-order chi connectivity index (χ1) is 7.74. The van der Waals surface area contributed by atoms with Gasteiger partial charge in [-0.25, -0.2) is 0 Å². The molecule has 0 atom stereocenters. The van der Waals surface area contributed by atoms with Crippen LogP contribution < -0.4 is 5.32 Å². The second-order valence-electron chi connectivity index (χ2n) is 5.11. The van der Waals surface area contributed by atoms with E-state index >= 15 is 0 Å². The van der Waals surface area contributed by atoms with E-state index in [0.717, 1.165) is 19.6 Å². The van der Waals surface area contributed by atoms with Gasteiger partial charge in [-0.2, -0.15) is 0 Å². The van der Waals surface area contributed by atoms with Crippen LogP contribution in [0.15, 0.2) is 5.16 Å². The molecule has 0 saturated carbocycles. The van der Waals surface area contributed by atoms with Crippen molar-refractivity contribution < 1.29 is 4.84 Å². The van der Waals surface area contributed by atoms with Crippen molar-refractivity contribution in [3.63, 3.8) is 0 Å².